The minimum Gasteiger partial charge on any atom is -0.480 e. The zero-order chi connectivity index (χ0) is 13.3. The third-order valence-electron chi connectivity index (χ3n) is 2.61. The van der Waals surface area contributed by atoms with Gasteiger partial charge in [0.2, 0.25) is 0 Å². The number of rotatable bonds is 2. The smallest absolute Gasteiger partial charge is 0.327 e. The van der Waals surface area contributed by atoms with E-state index in [9.17, 15) is 14.4 Å². The summed E-state index contributed by atoms with van der Waals surface area (Å²) in [6.45, 7) is 0. The fraction of sp³-hybridized carbons (Fsp3) is 0.400. The van der Waals surface area contributed by atoms with Crippen molar-refractivity contribution in [3.05, 3.63) is 28.2 Å². The molecule has 0 bridgehead atoms. The van der Waals surface area contributed by atoms with Gasteiger partial charge in [0.25, 0.3) is 11.5 Å². The van der Waals surface area contributed by atoms with Gasteiger partial charge in [-0.25, -0.2) is 9.48 Å². The van der Waals surface area contributed by atoms with E-state index in [1.54, 1.807) is 0 Å². The Labute approximate surface area is 106 Å². The van der Waals surface area contributed by atoms with Gasteiger partial charge in [0, 0.05) is 18.9 Å². The first-order valence-corrected chi connectivity index (χ1v) is 6.32. The maximum atomic E-state index is 12.1. The molecule has 1 fully saturated rings. The quantitative estimate of drug-likeness (QED) is 0.769. The van der Waals surface area contributed by atoms with E-state index in [2.05, 4.69) is 5.10 Å². The topological polar surface area (TPSA) is 92.5 Å². The van der Waals surface area contributed by atoms with Crippen LogP contribution in [0.2, 0.25) is 0 Å². The first kappa shape index (κ1) is 12.6. The summed E-state index contributed by atoms with van der Waals surface area (Å²) < 4.78 is 1.05. The molecule has 1 aliphatic heterocycles. The predicted molar refractivity (Wildman–Crippen MR) is 64.4 cm³/mol. The van der Waals surface area contributed by atoms with Gasteiger partial charge in [-0.2, -0.15) is 5.10 Å². The van der Waals surface area contributed by atoms with Gasteiger partial charge in [-0.05, 0) is 6.07 Å². The zero-order valence-electron chi connectivity index (χ0n) is 9.57. The van der Waals surface area contributed by atoms with E-state index in [0.29, 0.717) is 11.6 Å². The molecular formula is C10H11N3O4S. The van der Waals surface area contributed by atoms with Crippen LogP contribution in [-0.2, 0) is 11.8 Å². The number of amides is 1. The van der Waals surface area contributed by atoms with E-state index in [4.69, 9.17) is 5.11 Å². The van der Waals surface area contributed by atoms with Crippen LogP contribution in [0.3, 0.4) is 0 Å². The summed E-state index contributed by atoms with van der Waals surface area (Å²) in [6, 6.07) is 1.72. The van der Waals surface area contributed by atoms with Crippen LogP contribution >= 0.6 is 11.8 Å². The van der Waals surface area contributed by atoms with Crippen molar-refractivity contribution in [1.82, 2.24) is 14.7 Å². The minimum atomic E-state index is -1.03. The third-order valence-corrected chi connectivity index (χ3v) is 3.62. The molecule has 0 spiro atoms. The average Bonchev–Trinajstić information content (AvgIpc) is 2.81. The van der Waals surface area contributed by atoms with Gasteiger partial charge in [-0.15, -0.1) is 11.8 Å². The van der Waals surface area contributed by atoms with Crippen molar-refractivity contribution >= 4 is 23.6 Å². The second kappa shape index (κ2) is 4.81. The summed E-state index contributed by atoms with van der Waals surface area (Å²) in [5.41, 5.74) is -0.247. The molecule has 1 saturated heterocycles. The van der Waals surface area contributed by atoms with Crippen LogP contribution in [0.15, 0.2) is 16.9 Å². The molecule has 1 atom stereocenters. The number of thioether (sulfide) groups is 1. The fourth-order valence-corrected chi connectivity index (χ4v) is 2.76. The molecule has 1 aromatic rings. The summed E-state index contributed by atoms with van der Waals surface area (Å²) in [5, 5.41) is 12.8. The number of aryl methyl sites for hydroxylation is 1. The molecule has 1 unspecified atom stereocenters. The molecule has 1 aliphatic rings. The van der Waals surface area contributed by atoms with Crippen molar-refractivity contribution in [2.24, 2.45) is 7.05 Å². The molecule has 96 valence electrons. The molecule has 1 N–H and O–H groups in total. The minimum absolute atomic E-state index is 0.0749. The van der Waals surface area contributed by atoms with E-state index < -0.39 is 17.9 Å². The Morgan fingerprint density at radius 3 is 2.83 bits per heavy atom. The number of hydrogen-bond donors (Lipinski definition) is 1. The lowest BCUT2D eigenvalue weighted by atomic mass is 10.2. The van der Waals surface area contributed by atoms with Gasteiger partial charge in [-0.1, -0.05) is 0 Å². The van der Waals surface area contributed by atoms with Gasteiger partial charge < -0.3 is 10.0 Å². The van der Waals surface area contributed by atoms with Crippen LogP contribution in [0.25, 0.3) is 0 Å². The van der Waals surface area contributed by atoms with E-state index in [1.807, 2.05) is 0 Å². The lowest BCUT2D eigenvalue weighted by Gasteiger charge is -2.19. The van der Waals surface area contributed by atoms with Crippen molar-refractivity contribution in [3.63, 3.8) is 0 Å². The SMILES string of the molecule is Cn1nc(C(=O)N2CSCC2C(=O)O)ccc1=O. The normalized spacial score (nSPS) is 18.9. The molecule has 7 nitrogen and oxygen atoms in total. The summed E-state index contributed by atoms with van der Waals surface area (Å²) in [4.78, 5) is 35.5. The predicted octanol–water partition coefficient (Wildman–Crippen LogP) is -0.620. The lowest BCUT2D eigenvalue weighted by Crippen LogP contribution is -2.42. The van der Waals surface area contributed by atoms with Crippen LogP contribution in [-0.4, -0.2) is 49.3 Å². The summed E-state index contributed by atoms with van der Waals surface area (Å²) >= 11 is 1.38. The Morgan fingerprint density at radius 2 is 2.22 bits per heavy atom. The molecule has 2 rings (SSSR count). The van der Waals surface area contributed by atoms with Gasteiger partial charge in [0.1, 0.15) is 11.7 Å². The molecule has 0 aromatic carbocycles. The maximum Gasteiger partial charge on any atom is 0.327 e. The number of nitrogens with zero attached hydrogens (tertiary/aromatic N) is 3. The van der Waals surface area contributed by atoms with Crippen LogP contribution in [0, 0.1) is 0 Å². The zero-order valence-corrected chi connectivity index (χ0v) is 10.4. The van der Waals surface area contributed by atoms with E-state index in [-0.39, 0.29) is 11.3 Å². The number of aromatic nitrogens is 2. The second-order valence-electron chi connectivity index (χ2n) is 3.81. The first-order valence-electron chi connectivity index (χ1n) is 5.16. The standard InChI is InChI=1S/C10H11N3O4S/c1-12-8(14)3-2-6(11-12)9(15)13-5-18-4-7(13)10(16)17/h2-3,7H,4-5H2,1H3,(H,16,17). The van der Waals surface area contributed by atoms with E-state index >= 15 is 0 Å². The maximum absolute atomic E-state index is 12.1. The molecule has 1 amide bonds. The highest BCUT2D eigenvalue weighted by atomic mass is 32.2. The number of carbonyl (C=O) groups excluding carboxylic acids is 1. The highest BCUT2D eigenvalue weighted by molar-refractivity contribution is 7.99. The van der Waals surface area contributed by atoms with Crippen molar-refractivity contribution in [2.45, 2.75) is 6.04 Å². The number of carbonyl (C=O) groups is 2. The van der Waals surface area contributed by atoms with Crippen molar-refractivity contribution in [1.29, 1.82) is 0 Å². The van der Waals surface area contributed by atoms with Gasteiger partial charge in [0.05, 0.1) is 5.88 Å². The van der Waals surface area contributed by atoms with Crippen molar-refractivity contribution < 1.29 is 14.7 Å². The Hall–Kier alpha value is -1.83. The molecular weight excluding hydrogens is 258 g/mol. The van der Waals surface area contributed by atoms with E-state index in [1.165, 1.54) is 35.8 Å². The summed E-state index contributed by atoms with van der Waals surface area (Å²) in [7, 11) is 1.44. The van der Waals surface area contributed by atoms with Crippen LogP contribution in [0.5, 0.6) is 0 Å². The molecule has 0 radical (unpaired) electrons. The van der Waals surface area contributed by atoms with Gasteiger partial charge >= 0.3 is 5.97 Å². The molecule has 0 aliphatic carbocycles. The number of hydrogen-bond acceptors (Lipinski definition) is 5. The average molecular weight is 269 g/mol. The summed E-state index contributed by atoms with van der Waals surface area (Å²) in [5.74, 6) is -0.811. The number of carboxylic acid groups (broad SMARTS) is 1. The first-order chi connectivity index (χ1) is 8.50. The highest BCUT2D eigenvalue weighted by Gasteiger charge is 2.35. The lowest BCUT2D eigenvalue weighted by molar-refractivity contribution is -0.140. The van der Waals surface area contributed by atoms with Crippen LogP contribution in [0.4, 0.5) is 0 Å². The Bertz CT molecular complexity index is 556. The van der Waals surface area contributed by atoms with Crippen molar-refractivity contribution in [2.75, 3.05) is 11.6 Å². The highest BCUT2D eigenvalue weighted by Crippen LogP contribution is 2.22. The van der Waals surface area contributed by atoms with Gasteiger partial charge in [-0.3, -0.25) is 9.59 Å². The van der Waals surface area contributed by atoms with Crippen molar-refractivity contribution in [3.8, 4) is 0 Å². The number of aliphatic carboxylic acids is 1. The van der Waals surface area contributed by atoms with Crippen LogP contribution in [0.1, 0.15) is 10.5 Å². The molecule has 1 aromatic heterocycles. The Balaban J connectivity index is 2.28. The fourth-order valence-electron chi connectivity index (χ4n) is 1.61. The summed E-state index contributed by atoms with van der Waals surface area (Å²) in [6.07, 6.45) is 0. The largest absolute Gasteiger partial charge is 0.480 e. The Morgan fingerprint density at radius 1 is 1.50 bits per heavy atom. The molecule has 0 saturated carbocycles. The van der Waals surface area contributed by atoms with E-state index in [0.717, 1.165) is 4.68 Å². The molecule has 2 heterocycles. The second-order valence-corrected chi connectivity index (χ2v) is 4.81. The van der Waals surface area contributed by atoms with Gasteiger partial charge in [0.15, 0.2) is 0 Å². The molecule has 18 heavy (non-hydrogen) atoms. The van der Waals surface area contributed by atoms with Crippen LogP contribution < -0.4 is 5.56 Å². The number of carboxylic acids is 1. The monoisotopic (exact) mass is 269 g/mol. The Kier molecular flexibility index (Phi) is 3.37. The molecule has 8 heteroatoms. The third kappa shape index (κ3) is 2.23.